The van der Waals surface area contributed by atoms with E-state index in [1.807, 2.05) is 13.0 Å². The molecule has 0 atom stereocenters. The van der Waals surface area contributed by atoms with E-state index in [2.05, 4.69) is 9.32 Å². The Bertz CT molecular complexity index is 377. The monoisotopic (exact) mass is 210 g/mol. The van der Waals surface area contributed by atoms with E-state index in [0.717, 1.165) is 5.56 Å². The van der Waals surface area contributed by atoms with E-state index < -0.39 is 10.3 Å². The number of aryl methyl sites for hydroxylation is 1. The van der Waals surface area contributed by atoms with Crippen LogP contribution in [-0.4, -0.2) is 38.0 Å². The Morgan fingerprint density at radius 2 is 2.00 bits per heavy atom. The fourth-order valence-electron chi connectivity index (χ4n) is 0.801. The van der Waals surface area contributed by atoms with Crippen molar-refractivity contribution in [2.45, 2.75) is 6.92 Å². The molecular formula is C7H9NNaO3S. The zero-order valence-electron chi connectivity index (χ0n) is 7.52. The molecule has 0 aromatic heterocycles. The average molecular weight is 210 g/mol. The third-order valence-corrected chi connectivity index (χ3v) is 1.63. The van der Waals surface area contributed by atoms with Crippen molar-refractivity contribution >= 4 is 39.9 Å². The van der Waals surface area contributed by atoms with Gasteiger partial charge in [0.2, 0.25) is 0 Å². The quantitative estimate of drug-likeness (QED) is 0.709. The first-order valence-corrected chi connectivity index (χ1v) is 4.73. The Balaban J connectivity index is 0.00000144. The van der Waals surface area contributed by atoms with E-state index in [9.17, 15) is 8.42 Å². The van der Waals surface area contributed by atoms with Crippen LogP contribution in [-0.2, 0) is 10.3 Å². The molecule has 0 unspecified atom stereocenters. The molecule has 0 saturated heterocycles. The van der Waals surface area contributed by atoms with Crippen molar-refractivity contribution in [3.05, 3.63) is 29.8 Å². The maximum Gasteiger partial charge on any atom is 0.380 e. The topological polar surface area (TPSA) is 69.4 Å². The summed E-state index contributed by atoms with van der Waals surface area (Å²) < 4.78 is 25.4. The molecule has 13 heavy (non-hydrogen) atoms. The Morgan fingerprint density at radius 1 is 1.38 bits per heavy atom. The van der Waals surface area contributed by atoms with Crippen LogP contribution in [0.25, 0.3) is 0 Å². The maximum atomic E-state index is 10.5. The van der Waals surface area contributed by atoms with E-state index in [-0.39, 0.29) is 35.3 Å². The molecule has 0 fully saturated rings. The molecule has 2 N–H and O–H groups in total. The first-order valence-electron chi connectivity index (χ1n) is 3.26. The molecule has 0 heterocycles. The van der Waals surface area contributed by atoms with E-state index >= 15 is 0 Å². The molecule has 4 nitrogen and oxygen atoms in total. The fourth-order valence-corrected chi connectivity index (χ4v) is 1.17. The van der Waals surface area contributed by atoms with Crippen LogP contribution in [0, 0.1) is 6.92 Å². The van der Waals surface area contributed by atoms with Crippen LogP contribution in [0.2, 0.25) is 0 Å². The fraction of sp³-hybridized carbons (Fsp3) is 0.143. The minimum Gasteiger partial charge on any atom is -0.371 e. The SMILES string of the molecule is Cc1cccc(OS(N)(=O)=O)c1.[Na]. The first kappa shape index (κ1) is 12.9. The maximum absolute atomic E-state index is 10.5. The van der Waals surface area contributed by atoms with Gasteiger partial charge in [0.1, 0.15) is 5.75 Å². The van der Waals surface area contributed by atoms with Crippen LogP contribution < -0.4 is 9.32 Å². The van der Waals surface area contributed by atoms with Crippen molar-refractivity contribution in [3.63, 3.8) is 0 Å². The summed E-state index contributed by atoms with van der Waals surface area (Å²) in [6.45, 7) is 1.83. The molecule has 6 heteroatoms. The molecule has 1 aromatic rings. The summed E-state index contributed by atoms with van der Waals surface area (Å²) in [5.74, 6) is 0.234. The van der Waals surface area contributed by atoms with Crippen LogP contribution >= 0.6 is 0 Å². The first-order chi connectivity index (χ1) is 5.47. The van der Waals surface area contributed by atoms with Crippen molar-refractivity contribution in [3.8, 4) is 5.75 Å². The van der Waals surface area contributed by atoms with Gasteiger partial charge in [-0.3, -0.25) is 0 Å². The van der Waals surface area contributed by atoms with Gasteiger partial charge in [0.05, 0.1) is 0 Å². The minimum atomic E-state index is -3.89. The Hall–Kier alpha value is -0.0700. The van der Waals surface area contributed by atoms with Gasteiger partial charge >= 0.3 is 10.3 Å². The van der Waals surface area contributed by atoms with Gasteiger partial charge < -0.3 is 4.18 Å². The van der Waals surface area contributed by atoms with Gasteiger partial charge in [-0.1, -0.05) is 12.1 Å². The number of hydrogen-bond acceptors (Lipinski definition) is 3. The normalized spacial score (nSPS) is 10.3. The summed E-state index contributed by atoms with van der Waals surface area (Å²) in [6, 6.07) is 6.63. The van der Waals surface area contributed by atoms with E-state index in [0.29, 0.717) is 0 Å². The third-order valence-electron chi connectivity index (χ3n) is 1.20. The van der Waals surface area contributed by atoms with Crippen LogP contribution in [0.4, 0.5) is 0 Å². The van der Waals surface area contributed by atoms with Crippen LogP contribution in [0.5, 0.6) is 5.75 Å². The second kappa shape index (κ2) is 4.97. The number of rotatable bonds is 2. The van der Waals surface area contributed by atoms with Gasteiger partial charge in [-0.05, 0) is 24.6 Å². The molecule has 1 radical (unpaired) electrons. The van der Waals surface area contributed by atoms with Crippen molar-refractivity contribution in [1.82, 2.24) is 0 Å². The second-order valence-corrected chi connectivity index (χ2v) is 3.54. The standard InChI is InChI=1S/C7H9NO3S.Na/c1-6-3-2-4-7(5-6)11-12(8,9)10;/h2-5H,1H3,(H2,8,9,10);. The molecule has 0 saturated carbocycles. The van der Waals surface area contributed by atoms with E-state index in [1.165, 1.54) is 6.07 Å². The Kier molecular flexibility index (Phi) is 4.95. The van der Waals surface area contributed by atoms with Crippen LogP contribution in [0.1, 0.15) is 5.56 Å². The second-order valence-electron chi connectivity index (χ2n) is 2.39. The Labute approximate surface area is 99.6 Å². The molecule has 1 aromatic carbocycles. The number of nitrogens with two attached hydrogens (primary N) is 1. The van der Waals surface area contributed by atoms with Gasteiger partial charge in [0.25, 0.3) is 0 Å². The van der Waals surface area contributed by atoms with Crippen molar-refractivity contribution in [2.24, 2.45) is 5.14 Å². The molecule has 0 aliphatic heterocycles. The number of benzene rings is 1. The summed E-state index contributed by atoms with van der Waals surface area (Å²) in [7, 11) is -3.89. The van der Waals surface area contributed by atoms with Crippen molar-refractivity contribution in [2.75, 3.05) is 0 Å². The van der Waals surface area contributed by atoms with Crippen LogP contribution in [0.15, 0.2) is 24.3 Å². The zero-order chi connectivity index (χ0) is 9.19. The number of hydrogen-bond donors (Lipinski definition) is 1. The smallest absolute Gasteiger partial charge is 0.371 e. The van der Waals surface area contributed by atoms with Gasteiger partial charge in [0.15, 0.2) is 0 Å². The summed E-state index contributed by atoms with van der Waals surface area (Å²) >= 11 is 0. The Morgan fingerprint density at radius 3 is 2.46 bits per heavy atom. The predicted molar refractivity (Wildman–Crippen MR) is 50.7 cm³/mol. The van der Waals surface area contributed by atoms with E-state index in [1.54, 1.807) is 12.1 Å². The molecular weight excluding hydrogens is 201 g/mol. The molecule has 0 aliphatic rings. The molecule has 0 spiro atoms. The van der Waals surface area contributed by atoms with E-state index in [4.69, 9.17) is 0 Å². The van der Waals surface area contributed by atoms with Crippen molar-refractivity contribution in [1.29, 1.82) is 0 Å². The molecule has 0 bridgehead atoms. The van der Waals surface area contributed by atoms with Crippen LogP contribution in [0.3, 0.4) is 0 Å². The summed E-state index contributed by atoms with van der Waals surface area (Å²) in [6.07, 6.45) is 0. The van der Waals surface area contributed by atoms with Gasteiger partial charge in [-0.25, -0.2) is 0 Å². The molecule has 0 amide bonds. The molecule has 1 rings (SSSR count). The summed E-state index contributed by atoms with van der Waals surface area (Å²) in [5, 5.41) is 4.67. The van der Waals surface area contributed by atoms with Gasteiger partial charge in [0, 0.05) is 29.6 Å². The zero-order valence-corrected chi connectivity index (χ0v) is 10.3. The van der Waals surface area contributed by atoms with Gasteiger partial charge in [-0.2, -0.15) is 13.6 Å². The summed E-state index contributed by atoms with van der Waals surface area (Å²) in [4.78, 5) is 0. The third kappa shape index (κ3) is 5.28. The van der Waals surface area contributed by atoms with Crippen molar-refractivity contribution < 1.29 is 12.6 Å². The average Bonchev–Trinajstić information content (AvgIpc) is 1.82. The minimum absolute atomic E-state index is 0. The molecule has 0 aliphatic carbocycles. The predicted octanol–water partition coefficient (Wildman–Crippen LogP) is 0.197. The van der Waals surface area contributed by atoms with Gasteiger partial charge in [-0.15, -0.1) is 0 Å². The largest absolute Gasteiger partial charge is 0.380 e. The molecule has 67 valence electrons. The summed E-state index contributed by atoms with van der Waals surface area (Å²) in [5.41, 5.74) is 0.913.